The number of nitriles is 1. The van der Waals surface area contributed by atoms with Gasteiger partial charge < -0.3 is 18.9 Å². The van der Waals surface area contributed by atoms with E-state index in [4.69, 9.17) is 24.2 Å². The van der Waals surface area contributed by atoms with E-state index in [9.17, 15) is 9.59 Å². The van der Waals surface area contributed by atoms with Gasteiger partial charge in [0, 0.05) is 17.7 Å². The predicted molar refractivity (Wildman–Crippen MR) is 111 cm³/mol. The average molecular weight is 407 g/mol. The molecule has 2 aromatic carbocycles. The molecule has 0 aliphatic rings. The van der Waals surface area contributed by atoms with Crippen LogP contribution in [0.3, 0.4) is 0 Å². The Bertz CT molecular complexity index is 1020. The van der Waals surface area contributed by atoms with E-state index in [1.807, 2.05) is 0 Å². The van der Waals surface area contributed by atoms with E-state index in [1.165, 1.54) is 25.3 Å². The number of hydrogen-bond acceptors (Lipinski definition) is 7. The molecule has 0 fully saturated rings. The smallest absolute Gasteiger partial charge is 0.348 e. The van der Waals surface area contributed by atoms with Crippen molar-refractivity contribution in [3.63, 3.8) is 0 Å². The van der Waals surface area contributed by atoms with Crippen molar-refractivity contribution >= 4 is 24.1 Å². The van der Waals surface area contributed by atoms with Gasteiger partial charge in [-0.2, -0.15) is 5.26 Å². The van der Waals surface area contributed by atoms with Gasteiger partial charge in [-0.05, 0) is 48.9 Å². The largest absolute Gasteiger partial charge is 0.497 e. The van der Waals surface area contributed by atoms with Gasteiger partial charge in [0.05, 0.1) is 20.8 Å². The number of rotatable bonds is 8. The monoisotopic (exact) mass is 407 g/mol. The first-order valence-electron chi connectivity index (χ1n) is 9.01. The number of benzene rings is 2. The van der Waals surface area contributed by atoms with Crippen molar-refractivity contribution in [2.45, 2.75) is 6.92 Å². The van der Waals surface area contributed by atoms with Gasteiger partial charge >= 0.3 is 11.9 Å². The van der Waals surface area contributed by atoms with Crippen LogP contribution in [-0.4, -0.2) is 32.8 Å². The molecule has 0 aromatic heterocycles. The molecule has 0 amide bonds. The van der Waals surface area contributed by atoms with Gasteiger partial charge in [0.25, 0.3) is 0 Å². The van der Waals surface area contributed by atoms with E-state index in [-0.39, 0.29) is 17.9 Å². The number of ether oxygens (including phenoxy) is 4. The number of carbonyl (C=O) groups excluding carboxylic acids is 2. The molecule has 0 saturated carbocycles. The first kappa shape index (κ1) is 22.2. The van der Waals surface area contributed by atoms with Gasteiger partial charge in [-0.3, -0.25) is 0 Å². The number of hydrogen-bond donors (Lipinski definition) is 0. The molecule has 30 heavy (non-hydrogen) atoms. The fourth-order valence-electron chi connectivity index (χ4n) is 2.44. The van der Waals surface area contributed by atoms with Crippen LogP contribution < -0.4 is 14.2 Å². The Labute approximate surface area is 174 Å². The van der Waals surface area contributed by atoms with Crippen molar-refractivity contribution in [1.82, 2.24) is 0 Å². The second kappa shape index (κ2) is 11.1. The lowest BCUT2D eigenvalue weighted by Gasteiger charge is -2.07. The van der Waals surface area contributed by atoms with E-state index < -0.39 is 11.9 Å². The van der Waals surface area contributed by atoms with Crippen LogP contribution in [0.25, 0.3) is 12.2 Å². The van der Waals surface area contributed by atoms with Crippen molar-refractivity contribution in [1.29, 1.82) is 5.26 Å². The van der Waals surface area contributed by atoms with Crippen LogP contribution in [0, 0.1) is 11.3 Å². The van der Waals surface area contributed by atoms with Crippen molar-refractivity contribution in [3.05, 3.63) is 65.2 Å². The third kappa shape index (κ3) is 6.24. The minimum absolute atomic E-state index is 0.146. The summed E-state index contributed by atoms with van der Waals surface area (Å²) in [7, 11) is 3.08. The van der Waals surface area contributed by atoms with Crippen molar-refractivity contribution in [2.24, 2.45) is 0 Å². The van der Waals surface area contributed by atoms with Gasteiger partial charge in [0.2, 0.25) is 0 Å². The Morgan fingerprint density at radius 3 is 2.53 bits per heavy atom. The maximum Gasteiger partial charge on any atom is 0.348 e. The van der Waals surface area contributed by atoms with E-state index in [2.05, 4.69) is 0 Å². The summed E-state index contributed by atoms with van der Waals surface area (Å²) in [5.41, 5.74) is 1.05. The molecule has 7 heteroatoms. The summed E-state index contributed by atoms with van der Waals surface area (Å²) in [4.78, 5) is 23.9. The van der Waals surface area contributed by atoms with Gasteiger partial charge in [0.1, 0.15) is 28.9 Å². The molecule has 0 N–H and O–H groups in total. The molecule has 7 nitrogen and oxygen atoms in total. The van der Waals surface area contributed by atoms with Crippen LogP contribution in [-0.2, 0) is 14.3 Å². The number of nitrogens with zero attached hydrogens (tertiary/aromatic N) is 1. The first-order chi connectivity index (χ1) is 14.5. The van der Waals surface area contributed by atoms with Crippen LogP contribution in [0.4, 0.5) is 0 Å². The van der Waals surface area contributed by atoms with Gasteiger partial charge in [-0.1, -0.05) is 12.1 Å². The zero-order valence-corrected chi connectivity index (χ0v) is 16.9. The first-order valence-corrected chi connectivity index (χ1v) is 9.01. The molecular formula is C23H21NO6. The lowest BCUT2D eigenvalue weighted by Crippen LogP contribution is -2.06. The molecule has 0 radical (unpaired) electrons. The summed E-state index contributed by atoms with van der Waals surface area (Å²) in [6.45, 7) is 1.82. The Hall–Kier alpha value is -4.05. The van der Waals surface area contributed by atoms with Crippen molar-refractivity contribution in [2.75, 3.05) is 20.8 Å². The zero-order valence-electron chi connectivity index (χ0n) is 16.9. The van der Waals surface area contributed by atoms with Crippen LogP contribution in [0.2, 0.25) is 0 Å². The predicted octanol–water partition coefficient (Wildman–Crippen LogP) is 3.79. The second-order valence-electron chi connectivity index (χ2n) is 5.83. The van der Waals surface area contributed by atoms with E-state index in [1.54, 1.807) is 62.6 Å². The molecule has 0 saturated heterocycles. The van der Waals surface area contributed by atoms with Crippen LogP contribution in [0.1, 0.15) is 18.1 Å². The summed E-state index contributed by atoms with van der Waals surface area (Å²) in [5.74, 6) is 0.143. The van der Waals surface area contributed by atoms with Gasteiger partial charge in [-0.25, -0.2) is 9.59 Å². The van der Waals surface area contributed by atoms with Crippen LogP contribution in [0.5, 0.6) is 17.2 Å². The quantitative estimate of drug-likeness (QED) is 0.284. The minimum Gasteiger partial charge on any atom is -0.497 e. The standard InChI is InChI=1S/C23H21NO6/c1-4-29-23(26)18(15-24)12-16-6-5-7-20(13-16)30-22(25)11-9-17-8-10-19(27-2)14-21(17)28-3/h5-14H,4H2,1-3H3/b11-9+,18-12+. The van der Waals surface area contributed by atoms with Crippen LogP contribution in [0.15, 0.2) is 54.1 Å². The molecule has 0 aliphatic heterocycles. The molecule has 0 atom stereocenters. The van der Waals surface area contributed by atoms with Gasteiger partial charge in [0.15, 0.2) is 0 Å². The van der Waals surface area contributed by atoms with Crippen molar-refractivity contribution < 1.29 is 28.5 Å². The van der Waals surface area contributed by atoms with E-state index >= 15 is 0 Å². The lowest BCUT2D eigenvalue weighted by molar-refractivity contribution is -0.138. The molecule has 0 spiro atoms. The fraction of sp³-hybridized carbons (Fsp3) is 0.174. The Morgan fingerprint density at radius 2 is 1.87 bits per heavy atom. The molecule has 154 valence electrons. The highest BCUT2D eigenvalue weighted by molar-refractivity contribution is 5.98. The summed E-state index contributed by atoms with van der Waals surface area (Å²) in [6.07, 6.45) is 4.21. The van der Waals surface area contributed by atoms with E-state index in [0.717, 1.165) is 0 Å². The minimum atomic E-state index is -0.709. The maximum atomic E-state index is 12.2. The Kier molecular flexibility index (Phi) is 8.21. The molecule has 0 aliphatic carbocycles. The van der Waals surface area contributed by atoms with Gasteiger partial charge in [-0.15, -0.1) is 0 Å². The Balaban J connectivity index is 2.13. The highest BCUT2D eigenvalue weighted by Gasteiger charge is 2.10. The summed E-state index contributed by atoms with van der Waals surface area (Å²) >= 11 is 0. The second-order valence-corrected chi connectivity index (χ2v) is 5.83. The molecule has 2 aromatic rings. The van der Waals surface area contributed by atoms with E-state index in [0.29, 0.717) is 22.6 Å². The van der Waals surface area contributed by atoms with Crippen molar-refractivity contribution in [3.8, 4) is 23.3 Å². The number of methoxy groups -OCH3 is 2. The molecule has 2 rings (SSSR count). The third-order valence-electron chi connectivity index (χ3n) is 3.84. The number of esters is 2. The normalized spacial score (nSPS) is 10.9. The Morgan fingerprint density at radius 1 is 1.07 bits per heavy atom. The lowest BCUT2D eigenvalue weighted by atomic mass is 10.1. The zero-order chi connectivity index (χ0) is 21.9. The summed E-state index contributed by atoms with van der Waals surface area (Å²) in [6, 6.07) is 13.5. The SMILES string of the molecule is CCOC(=O)/C(C#N)=C/c1cccc(OC(=O)/C=C/c2ccc(OC)cc2OC)c1. The fourth-order valence-corrected chi connectivity index (χ4v) is 2.44. The summed E-state index contributed by atoms with van der Waals surface area (Å²) < 4.78 is 20.6. The average Bonchev–Trinajstić information content (AvgIpc) is 2.76. The highest BCUT2D eigenvalue weighted by atomic mass is 16.5. The van der Waals surface area contributed by atoms with Crippen LogP contribution >= 0.6 is 0 Å². The topological polar surface area (TPSA) is 94.9 Å². The maximum absolute atomic E-state index is 12.2. The molecule has 0 heterocycles. The molecular weight excluding hydrogens is 386 g/mol. The molecule has 0 bridgehead atoms. The summed E-state index contributed by atoms with van der Waals surface area (Å²) in [5, 5.41) is 9.12. The number of carbonyl (C=O) groups is 2. The highest BCUT2D eigenvalue weighted by Crippen LogP contribution is 2.25. The molecule has 0 unspecified atom stereocenters. The third-order valence-corrected chi connectivity index (χ3v) is 3.84.